The van der Waals surface area contributed by atoms with E-state index < -0.39 is 0 Å². The van der Waals surface area contributed by atoms with Gasteiger partial charge in [-0.15, -0.1) is 11.3 Å². The summed E-state index contributed by atoms with van der Waals surface area (Å²) >= 11 is 1.95. The van der Waals surface area contributed by atoms with Gasteiger partial charge in [0.25, 0.3) is 0 Å². The van der Waals surface area contributed by atoms with E-state index >= 15 is 0 Å². The third-order valence-corrected chi connectivity index (χ3v) is 16.6. The maximum atomic E-state index is 2.71. The maximum absolute atomic E-state index is 2.71. The van der Waals surface area contributed by atoms with E-state index in [1.807, 2.05) is 11.3 Å². The number of fused-ring (bicyclic) bond motifs is 9. The van der Waals surface area contributed by atoms with Gasteiger partial charge in [-0.2, -0.15) is 0 Å². The van der Waals surface area contributed by atoms with Crippen LogP contribution in [0, 0.1) is 6.92 Å². The molecule has 13 rings (SSSR count). The first-order chi connectivity index (χ1) is 32.6. The number of hydrogen-bond acceptors (Lipinski definition) is 3. The number of benzene rings is 9. The Hall–Kier alpha value is -7.14. The van der Waals surface area contributed by atoms with E-state index in [1.165, 1.54) is 121 Å². The fourth-order valence-corrected chi connectivity index (χ4v) is 13.0. The Labute approximate surface area is 398 Å². The smallest absolute Gasteiger partial charge is 0.333 e. The Morgan fingerprint density at radius 1 is 0.463 bits per heavy atom. The predicted molar refractivity (Wildman–Crippen MR) is 289 cm³/mol. The molecule has 0 fully saturated rings. The van der Waals surface area contributed by atoms with Crippen molar-refractivity contribution in [3.63, 3.8) is 0 Å². The van der Waals surface area contributed by atoms with Gasteiger partial charge in [-0.25, -0.2) is 0 Å². The maximum Gasteiger partial charge on any atom is 0.333 e. The van der Waals surface area contributed by atoms with Crippen LogP contribution in [0.15, 0.2) is 194 Å². The summed E-state index contributed by atoms with van der Waals surface area (Å²) in [6.45, 7) is 12.1. The van der Waals surface area contributed by atoms with Crippen molar-refractivity contribution in [3.05, 3.63) is 211 Å². The number of nitrogens with zero attached hydrogens (tertiary/aromatic N) is 2. The average molecular weight is 879 g/mol. The van der Waals surface area contributed by atoms with Crippen LogP contribution in [0.25, 0.3) is 64.7 Å². The van der Waals surface area contributed by atoms with Gasteiger partial charge in [0.05, 0.1) is 0 Å². The van der Waals surface area contributed by atoms with Crippen molar-refractivity contribution in [3.8, 4) is 44.5 Å². The van der Waals surface area contributed by atoms with E-state index in [1.54, 1.807) is 0 Å². The monoisotopic (exact) mass is 878 g/mol. The topological polar surface area (TPSA) is 6.48 Å². The minimum atomic E-state index is -0.115. The van der Waals surface area contributed by atoms with Crippen LogP contribution in [0.2, 0.25) is 0 Å². The van der Waals surface area contributed by atoms with Crippen LogP contribution in [0.3, 0.4) is 0 Å². The number of anilines is 5. The molecule has 0 spiro atoms. The molecule has 0 radical (unpaired) electrons. The van der Waals surface area contributed by atoms with Crippen LogP contribution in [-0.4, -0.2) is 6.85 Å². The van der Waals surface area contributed by atoms with Gasteiger partial charge in [-0.05, 0) is 134 Å². The summed E-state index contributed by atoms with van der Waals surface area (Å²) in [5.74, 6) is 0. The van der Waals surface area contributed by atoms with Gasteiger partial charge in [0.15, 0.2) is 0 Å². The average Bonchev–Trinajstić information content (AvgIpc) is 3.74. The molecular weight excluding hydrogens is 828 g/mol. The van der Waals surface area contributed by atoms with Crippen molar-refractivity contribution in [2.75, 3.05) is 9.71 Å². The van der Waals surface area contributed by atoms with E-state index in [4.69, 9.17) is 0 Å². The highest BCUT2D eigenvalue weighted by Gasteiger charge is 2.48. The summed E-state index contributed by atoms with van der Waals surface area (Å²) in [4.78, 5) is 5.38. The molecule has 0 atom stereocenters. The second kappa shape index (κ2) is 14.9. The number of aryl methyl sites for hydroxylation is 1. The van der Waals surface area contributed by atoms with E-state index in [9.17, 15) is 0 Å². The molecule has 0 saturated carbocycles. The van der Waals surface area contributed by atoms with Crippen LogP contribution in [-0.2, 0) is 10.8 Å². The number of rotatable bonds is 5. The largest absolute Gasteiger partial charge is 0.376 e. The SMILES string of the molecule is Cc1ccc(-c2ccccc2)cc1N1c2cc3c(cc2B2c4c1cc1c(sc5ccccc51)c4-c1ccc(-c4ccccc4)cc1N2c1ccc(-c2ccccc2)cc1)C(C)(C)CCC3(C)C. The molecule has 0 bridgehead atoms. The molecule has 0 amide bonds. The van der Waals surface area contributed by atoms with Crippen molar-refractivity contribution >= 4 is 77.7 Å². The summed E-state index contributed by atoms with van der Waals surface area (Å²) in [5.41, 5.74) is 23.1. The molecule has 1 aromatic heterocycles. The predicted octanol–water partition coefficient (Wildman–Crippen LogP) is 16.4. The Bertz CT molecular complexity index is 3590. The minimum absolute atomic E-state index is 0.0155. The van der Waals surface area contributed by atoms with E-state index in [-0.39, 0.29) is 17.7 Å². The fourth-order valence-electron chi connectivity index (χ4n) is 11.7. The highest BCUT2D eigenvalue weighted by atomic mass is 32.1. The van der Waals surface area contributed by atoms with Crippen molar-refractivity contribution in [2.24, 2.45) is 0 Å². The third-order valence-electron chi connectivity index (χ3n) is 15.4. The van der Waals surface area contributed by atoms with Crippen molar-refractivity contribution in [2.45, 2.75) is 58.3 Å². The van der Waals surface area contributed by atoms with Crippen molar-refractivity contribution < 1.29 is 0 Å². The Kier molecular flexibility index (Phi) is 8.96. The molecule has 3 aliphatic rings. The highest BCUT2D eigenvalue weighted by Crippen LogP contribution is 2.55. The second-order valence-electron chi connectivity index (χ2n) is 20.4. The van der Waals surface area contributed by atoms with E-state index in [2.05, 4.69) is 238 Å². The molecule has 10 aromatic rings. The van der Waals surface area contributed by atoms with Gasteiger partial charge in [-0.3, -0.25) is 0 Å². The molecule has 3 heterocycles. The first kappa shape index (κ1) is 40.2. The minimum Gasteiger partial charge on any atom is -0.376 e. The lowest BCUT2D eigenvalue weighted by Gasteiger charge is -2.48. The van der Waals surface area contributed by atoms with Gasteiger partial charge in [0, 0.05) is 59.7 Å². The lowest BCUT2D eigenvalue weighted by Crippen LogP contribution is -2.62. The van der Waals surface area contributed by atoms with Crippen molar-refractivity contribution in [1.29, 1.82) is 0 Å². The zero-order chi connectivity index (χ0) is 45.2. The summed E-state index contributed by atoms with van der Waals surface area (Å²) in [5, 5.41) is 2.63. The molecule has 0 N–H and O–H groups in total. The van der Waals surface area contributed by atoms with E-state index in [0.717, 1.165) is 12.8 Å². The lowest BCUT2D eigenvalue weighted by atomic mass is 9.42. The summed E-state index contributed by atoms with van der Waals surface area (Å²) in [7, 11) is 0. The first-order valence-corrected chi connectivity index (χ1v) is 24.7. The Morgan fingerprint density at radius 3 is 1.66 bits per heavy atom. The molecule has 0 saturated heterocycles. The highest BCUT2D eigenvalue weighted by molar-refractivity contribution is 7.26. The fraction of sp³-hybridized carbons (Fsp3) is 0.143. The van der Waals surface area contributed by atoms with Crippen LogP contribution in [0.5, 0.6) is 0 Å². The van der Waals surface area contributed by atoms with Gasteiger partial charge >= 0.3 is 6.85 Å². The molecular formula is C63H51BN2S. The normalized spacial score (nSPS) is 15.3. The van der Waals surface area contributed by atoms with Gasteiger partial charge in [0.1, 0.15) is 0 Å². The molecule has 1 aliphatic carbocycles. The van der Waals surface area contributed by atoms with Gasteiger partial charge in [0.2, 0.25) is 0 Å². The van der Waals surface area contributed by atoms with Crippen LogP contribution < -0.4 is 20.6 Å². The molecule has 9 aromatic carbocycles. The number of hydrogen-bond donors (Lipinski definition) is 0. The molecule has 2 nitrogen and oxygen atoms in total. The molecule has 67 heavy (non-hydrogen) atoms. The summed E-state index contributed by atoms with van der Waals surface area (Å²) in [6.07, 6.45) is 2.30. The van der Waals surface area contributed by atoms with Crippen LogP contribution >= 0.6 is 11.3 Å². The van der Waals surface area contributed by atoms with E-state index in [0.29, 0.717) is 0 Å². The molecule has 2 aliphatic heterocycles. The zero-order valence-electron chi connectivity index (χ0n) is 38.8. The molecule has 322 valence electrons. The Morgan fingerprint density at radius 2 is 1.00 bits per heavy atom. The van der Waals surface area contributed by atoms with Crippen molar-refractivity contribution in [1.82, 2.24) is 0 Å². The Balaban J connectivity index is 1.18. The van der Waals surface area contributed by atoms with Gasteiger partial charge in [-0.1, -0.05) is 179 Å². The second-order valence-corrected chi connectivity index (χ2v) is 21.4. The lowest BCUT2D eigenvalue weighted by molar-refractivity contribution is 0.332. The van der Waals surface area contributed by atoms with Crippen LogP contribution in [0.1, 0.15) is 57.2 Å². The van der Waals surface area contributed by atoms with Crippen LogP contribution in [0.4, 0.5) is 28.4 Å². The summed E-state index contributed by atoms with van der Waals surface area (Å²) < 4.78 is 2.68. The first-order valence-electron chi connectivity index (χ1n) is 23.9. The summed E-state index contributed by atoms with van der Waals surface area (Å²) in [6, 6.07) is 73.2. The quantitative estimate of drug-likeness (QED) is 0.159. The molecule has 4 heteroatoms. The zero-order valence-corrected chi connectivity index (χ0v) is 39.6. The standard InChI is InChI=1S/C63H51BN2S/c1-40-25-26-45(42-19-11-7-12-20-42)35-54(40)65-56-39-52-51(62(2,3)33-34-63(52,4)5)38-53(56)64-60-57(65)37-50-48-23-15-16-24-58(48)67-61(50)59(60)49-32-29-46(43-21-13-8-14-22-43)36-55(49)66(64)47-30-27-44(28-31-47)41-17-9-6-10-18-41/h6-32,35-39H,33-34H2,1-5H3. The molecule has 0 unspecified atom stereocenters. The van der Waals surface area contributed by atoms with Gasteiger partial charge < -0.3 is 9.71 Å². The third kappa shape index (κ3) is 6.23. The number of thiophene rings is 1.